The van der Waals surface area contributed by atoms with Gasteiger partial charge in [0.25, 0.3) is 0 Å². The van der Waals surface area contributed by atoms with Crippen LogP contribution in [0.25, 0.3) is 0 Å². The van der Waals surface area contributed by atoms with Crippen molar-refractivity contribution in [2.24, 2.45) is 5.92 Å². The number of phenolic OH excluding ortho intramolecular Hbond substituents is 1. The van der Waals surface area contributed by atoms with E-state index in [0.29, 0.717) is 11.7 Å². The normalized spacial score (nSPS) is 25.4. The molecule has 0 aromatic heterocycles. The average Bonchev–Trinajstić information content (AvgIpc) is 2.30. The van der Waals surface area contributed by atoms with Gasteiger partial charge < -0.3 is 5.11 Å². The monoisotopic (exact) mass is 202 g/mol. The molecule has 1 aliphatic carbocycles. The SMILES string of the molecule is CCC1C=CC(c2ccc(O)cc2)CC1. The number of rotatable bonds is 2. The molecule has 1 aromatic rings. The summed E-state index contributed by atoms with van der Waals surface area (Å²) in [5.74, 6) is 1.68. The van der Waals surface area contributed by atoms with Gasteiger partial charge in [0, 0.05) is 5.92 Å². The van der Waals surface area contributed by atoms with E-state index in [1.165, 1.54) is 24.8 Å². The predicted octanol–water partition coefficient (Wildman–Crippen LogP) is 3.85. The van der Waals surface area contributed by atoms with Gasteiger partial charge in [-0.1, -0.05) is 31.2 Å². The smallest absolute Gasteiger partial charge is 0.115 e. The molecule has 15 heavy (non-hydrogen) atoms. The van der Waals surface area contributed by atoms with Crippen molar-refractivity contribution in [3.63, 3.8) is 0 Å². The third kappa shape index (κ3) is 2.41. The van der Waals surface area contributed by atoms with Crippen molar-refractivity contribution >= 4 is 0 Å². The maximum Gasteiger partial charge on any atom is 0.115 e. The molecule has 1 nitrogen and oxygen atoms in total. The molecule has 0 fully saturated rings. The van der Waals surface area contributed by atoms with Crippen molar-refractivity contribution < 1.29 is 5.11 Å². The maximum absolute atomic E-state index is 9.22. The van der Waals surface area contributed by atoms with Crippen LogP contribution in [0.5, 0.6) is 5.75 Å². The predicted molar refractivity (Wildman–Crippen MR) is 63.0 cm³/mol. The van der Waals surface area contributed by atoms with E-state index in [9.17, 15) is 5.11 Å². The highest BCUT2D eigenvalue weighted by Crippen LogP contribution is 2.31. The second-order valence-electron chi connectivity index (χ2n) is 4.33. The maximum atomic E-state index is 9.22. The summed E-state index contributed by atoms with van der Waals surface area (Å²) in [6.45, 7) is 2.25. The molecule has 0 saturated carbocycles. The Morgan fingerprint density at radius 3 is 2.40 bits per heavy atom. The Hall–Kier alpha value is -1.24. The summed E-state index contributed by atoms with van der Waals surface area (Å²) in [5, 5.41) is 9.22. The van der Waals surface area contributed by atoms with Crippen LogP contribution in [0.4, 0.5) is 0 Å². The van der Waals surface area contributed by atoms with Gasteiger partial charge in [0.05, 0.1) is 0 Å². The molecule has 2 rings (SSSR count). The molecular weight excluding hydrogens is 184 g/mol. The molecule has 1 aliphatic rings. The lowest BCUT2D eigenvalue weighted by atomic mass is 9.83. The zero-order valence-electron chi connectivity index (χ0n) is 9.19. The van der Waals surface area contributed by atoms with Crippen LogP contribution in [-0.4, -0.2) is 5.11 Å². The van der Waals surface area contributed by atoms with Crippen LogP contribution in [0.1, 0.15) is 37.7 Å². The lowest BCUT2D eigenvalue weighted by Gasteiger charge is -2.22. The van der Waals surface area contributed by atoms with Gasteiger partial charge in [0.2, 0.25) is 0 Å². The van der Waals surface area contributed by atoms with E-state index >= 15 is 0 Å². The molecule has 0 bridgehead atoms. The molecule has 2 atom stereocenters. The Morgan fingerprint density at radius 2 is 1.87 bits per heavy atom. The van der Waals surface area contributed by atoms with Gasteiger partial charge in [0.15, 0.2) is 0 Å². The van der Waals surface area contributed by atoms with Crippen molar-refractivity contribution in [3.8, 4) is 5.75 Å². The highest BCUT2D eigenvalue weighted by Gasteiger charge is 2.15. The van der Waals surface area contributed by atoms with Gasteiger partial charge >= 0.3 is 0 Å². The average molecular weight is 202 g/mol. The van der Waals surface area contributed by atoms with Gasteiger partial charge in [-0.3, -0.25) is 0 Å². The fourth-order valence-corrected chi connectivity index (χ4v) is 2.22. The van der Waals surface area contributed by atoms with Crippen LogP contribution >= 0.6 is 0 Å². The zero-order chi connectivity index (χ0) is 10.7. The van der Waals surface area contributed by atoms with E-state index in [-0.39, 0.29) is 0 Å². The Morgan fingerprint density at radius 1 is 1.13 bits per heavy atom. The summed E-state index contributed by atoms with van der Waals surface area (Å²) in [4.78, 5) is 0. The minimum absolute atomic E-state index is 0.352. The fraction of sp³-hybridized carbons (Fsp3) is 0.429. The first kappa shape index (κ1) is 10.3. The molecule has 80 valence electrons. The largest absolute Gasteiger partial charge is 0.508 e. The summed E-state index contributed by atoms with van der Waals surface area (Å²) in [6, 6.07) is 7.59. The van der Waals surface area contributed by atoms with Crippen molar-refractivity contribution in [3.05, 3.63) is 42.0 Å². The molecule has 1 aromatic carbocycles. The Kier molecular flexibility index (Phi) is 3.10. The van der Waals surface area contributed by atoms with Gasteiger partial charge in [0.1, 0.15) is 5.75 Å². The standard InChI is InChI=1S/C14H18O/c1-2-11-3-5-12(6-4-11)13-7-9-14(15)10-8-13/h3,5,7-12,15H,2,4,6H2,1H3. The van der Waals surface area contributed by atoms with Crippen LogP contribution in [0, 0.1) is 5.92 Å². The summed E-state index contributed by atoms with van der Waals surface area (Å²) < 4.78 is 0. The molecule has 0 heterocycles. The summed E-state index contributed by atoms with van der Waals surface area (Å²) in [6.07, 6.45) is 8.45. The minimum atomic E-state index is 0.352. The molecule has 2 unspecified atom stereocenters. The fourth-order valence-electron chi connectivity index (χ4n) is 2.22. The Balaban J connectivity index is 2.10. The van der Waals surface area contributed by atoms with E-state index in [4.69, 9.17) is 0 Å². The van der Waals surface area contributed by atoms with Crippen LogP contribution < -0.4 is 0 Å². The van der Waals surface area contributed by atoms with Crippen LogP contribution in [0.3, 0.4) is 0 Å². The number of allylic oxidation sites excluding steroid dienone is 2. The van der Waals surface area contributed by atoms with E-state index in [2.05, 4.69) is 19.1 Å². The third-order valence-corrected chi connectivity index (χ3v) is 3.31. The molecule has 0 spiro atoms. The van der Waals surface area contributed by atoms with Crippen molar-refractivity contribution in [2.75, 3.05) is 0 Å². The number of hydrogen-bond donors (Lipinski definition) is 1. The summed E-state index contributed by atoms with van der Waals surface area (Å²) >= 11 is 0. The minimum Gasteiger partial charge on any atom is -0.508 e. The van der Waals surface area contributed by atoms with Gasteiger partial charge in [-0.2, -0.15) is 0 Å². The van der Waals surface area contributed by atoms with Crippen molar-refractivity contribution in [1.29, 1.82) is 0 Å². The van der Waals surface area contributed by atoms with Gasteiger partial charge in [-0.15, -0.1) is 0 Å². The zero-order valence-corrected chi connectivity index (χ0v) is 9.19. The lowest BCUT2D eigenvalue weighted by Crippen LogP contribution is -2.06. The topological polar surface area (TPSA) is 20.2 Å². The number of phenols is 1. The summed E-state index contributed by atoms with van der Waals surface area (Å²) in [7, 11) is 0. The third-order valence-electron chi connectivity index (χ3n) is 3.31. The number of hydrogen-bond acceptors (Lipinski definition) is 1. The molecular formula is C14H18O. The molecule has 0 saturated heterocycles. The molecule has 0 amide bonds. The van der Waals surface area contributed by atoms with E-state index in [1.807, 2.05) is 12.1 Å². The first-order valence-electron chi connectivity index (χ1n) is 5.77. The summed E-state index contributed by atoms with van der Waals surface area (Å²) in [5.41, 5.74) is 1.32. The van der Waals surface area contributed by atoms with E-state index in [1.54, 1.807) is 12.1 Å². The number of aromatic hydroxyl groups is 1. The van der Waals surface area contributed by atoms with E-state index < -0.39 is 0 Å². The Labute approximate surface area is 91.4 Å². The highest BCUT2D eigenvalue weighted by atomic mass is 16.3. The Bertz CT molecular complexity index is 337. The van der Waals surface area contributed by atoms with Crippen LogP contribution in [-0.2, 0) is 0 Å². The molecule has 1 heteroatoms. The van der Waals surface area contributed by atoms with Crippen molar-refractivity contribution in [2.45, 2.75) is 32.1 Å². The first-order valence-corrected chi connectivity index (χ1v) is 5.77. The van der Waals surface area contributed by atoms with E-state index in [0.717, 1.165) is 5.92 Å². The molecule has 0 radical (unpaired) electrons. The lowest BCUT2D eigenvalue weighted by molar-refractivity contribution is 0.473. The van der Waals surface area contributed by atoms with Gasteiger partial charge in [-0.25, -0.2) is 0 Å². The molecule has 1 N–H and O–H groups in total. The van der Waals surface area contributed by atoms with Crippen LogP contribution in [0.2, 0.25) is 0 Å². The number of benzene rings is 1. The quantitative estimate of drug-likeness (QED) is 0.722. The second-order valence-corrected chi connectivity index (χ2v) is 4.33. The molecule has 0 aliphatic heterocycles. The second kappa shape index (κ2) is 4.52. The van der Waals surface area contributed by atoms with Crippen molar-refractivity contribution in [1.82, 2.24) is 0 Å². The van der Waals surface area contributed by atoms with Gasteiger partial charge in [-0.05, 0) is 42.9 Å². The first-order chi connectivity index (χ1) is 7.29. The van der Waals surface area contributed by atoms with Crippen LogP contribution in [0.15, 0.2) is 36.4 Å². The highest BCUT2D eigenvalue weighted by molar-refractivity contribution is 5.31.